The number of aryl methyl sites for hydroxylation is 1. The minimum Gasteiger partial charge on any atom is -0.506 e. The van der Waals surface area contributed by atoms with Crippen LogP contribution >= 0.6 is 11.6 Å². The highest BCUT2D eigenvalue weighted by Crippen LogP contribution is 2.30. The van der Waals surface area contributed by atoms with Gasteiger partial charge in [-0.3, -0.25) is 4.98 Å². The van der Waals surface area contributed by atoms with Crippen LogP contribution < -0.4 is 10.1 Å². The van der Waals surface area contributed by atoms with Crippen LogP contribution in [0, 0.1) is 6.92 Å². The predicted octanol–water partition coefficient (Wildman–Crippen LogP) is 2.86. The summed E-state index contributed by atoms with van der Waals surface area (Å²) in [5, 5.41) is 23.2. The molecule has 0 saturated carbocycles. The molecule has 2 aromatic rings. The van der Waals surface area contributed by atoms with Gasteiger partial charge in [0.1, 0.15) is 11.5 Å². The third kappa shape index (κ3) is 3.37. The Labute approximate surface area is 128 Å². The van der Waals surface area contributed by atoms with Crippen LogP contribution in [0.5, 0.6) is 11.5 Å². The molecule has 0 atom stereocenters. The van der Waals surface area contributed by atoms with E-state index in [9.17, 15) is 10.2 Å². The number of aliphatic hydroxyl groups excluding tert-OH is 1. The lowest BCUT2D eigenvalue weighted by atomic mass is 10.1. The van der Waals surface area contributed by atoms with Gasteiger partial charge in [-0.2, -0.15) is 0 Å². The molecule has 112 valence electrons. The van der Waals surface area contributed by atoms with Gasteiger partial charge in [-0.1, -0.05) is 11.6 Å². The number of benzene rings is 1. The Morgan fingerprint density at radius 3 is 2.81 bits per heavy atom. The maximum atomic E-state index is 10.1. The molecule has 0 amide bonds. The fraction of sp³-hybridized carbons (Fsp3) is 0.267. The first kappa shape index (κ1) is 15.4. The quantitative estimate of drug-likeness (QED) is 0.792. The van der Waals surface area contributed by atoms with Crippen molar-refractivity contribution in [2.45, 2.75) is 20.1 Å². The zero-order valence-corrected chi connectivity index (χ0v) is 12.6. The van der Waals surface area contributed by atoms with Crippen LogP contribution in [0.15, 0.2) is 24.4 Å². The largest absolute Gasteiger partial charge is 0.506 e. The number of nitrogens with zero attached hydrogens (tertiary/aromatic N) is 1. The summed E-state index contributed by atoms with van der Waals surface area (Å²) in [6.07, 6.45) is 1.56. The van der Waals surface area contributed by atoms with E-state index in [2.05, 4.69) is 10.3 Å². The topological polar surface area (TPSA) is 74.6 Å². The minimum absolute atomic E-state index is 0.0787. The average molecular weight is 309 g/mol. The summed E-state index contributed by atoms with van der Waals surface area (Å²) in [5.74, 6) is 0.727. The van der Waals surface area contributed by atoms with E-state index in [4.69, 9.17) is 16.3 Å². The fourth-order valence-corrected chi connectivity index (χ4v) is 2.19. The Hall–Kier alpha value is -1.98. The van der Waals surface area contributed by atoms with Crippen molar-refractivity contribution < 1.29 is 14.9 Å². The van der Waals surface area contributed by atoms with E-state index >= 15 is 0 Å². The van der Waals surface area contributed by atoms with Gasteiger partial charge in [0, 0.05) is 28.9 Å². The summed E-state index contributed by atoms with van der Waals surface area (Å²) in [7, 11) is 1.57. The Balaban J connectivity index is 2.28. The standard InChI is InChI=1S/C15H17ClN2O3/c1-9-15(20)12(10(8-19)6-17-9)7-18-13-5-11(16)3-4-14(13)21-2/h3-6,18-20H,7-8H2,1-2H3. The van der Waals surface area contributed by atoms with Crippen molar-refractivity contribution in [3.8, 4) is 11.5 Å². The van der Waals surface area contributed by atoms with Crippen LogP contribution in [0.1, 0.15) is 16.8 Å². The molecular weight excluding hydrogens is 292 g/mol. The molecule has 0 aliphatic rings. The molecule has 0 saturated heterocycles. The van der Waals surface area contributed by atoms with Gasteiger partial charge in [-0.25, -0.2) is 0 Å². The zero-order chi connectivity index (χ0) is 15.4. The Morgan fingerprint density at radius 1 is 1.38 bits per heavy atom. The number of hydrogen-bond acceptors (Lipinski definition) is 5. The lowest BCUT2D eigenvalue weighted by molar-refractivity contribution is 0.279. The van der Waals surface area contributed by atoms with E-state index in [1.54, 1.807) is 38.4 Å². The predicted molar refractivity (Wildman–Crippen MR) is 81.9 cm³/mol. The third-order valence-electron chi connectivity index (χ3n) is 3.22. The highest BCUT2D eigenvalue weighted by atomic mass is 35.5. The van der Waals surface area contributed by atoms with Crippen LogP contribution in [-0.2, 0) is 13.2 Å². The van der Waals surface area contributed by atoms with Crippen molar-refractivity contribution in [1.29, 1.82) is 0 Å². The molecule has 0 aliphatic heterocycles. The number of hydrogen-bond donors (Lipinski definition) is 3. The summed E-state index contributed by atoms with van der Waals surface area (Å²) in [6.45, 7) is 1.84. The van der Waals surface area contributed by atoms with E-state index in [-0.39, 0.29) is 12.4 Å². The maximum Gasteiger partial charge on any atom is 0.142 e. The van der Waals surface area contributed by atoms with Crippen LogP contribution in [0.4, 0.5) is 5.69 Å². The van der Waals surface area contributed by atoms with Crippen molar-refractivity contribution in [2.75, 3.05) is 12.4 Å². The van der Waals surface area contributed by atoms with Gasteiger partial charge in [-0.15, -0.1) is 0 Å². The summed E-state index contributed by atoms with van der Waals surface area (Å²) in [6, 6.07) is 5.23. The minimum atomic E-state index is -0.190. The smallest absolute Gasteiger partial charge is 0.142 e. The number of rotatable bonds is 5. The van der Waals surface area contributed by atoms with Gasteiger partial charge in [0.2, 0.25) is 0 Å². The lowest BCUT2D eigenvalue weighted by Crippen LogP contribution is -2.06. The molecule has 3 N–H and O–H groups in total. The second-order valence-corrected chi connectivity index (χ2v) is 4.99. The normalized spacial score (nSPS) is 10.5. The highest BCUT2D eigenvalue weighted by molar-refractivity contribution is 6.30. The first-order valence-electron chi connectivity index (χ1n) is 6.41. The molecule has 0 spiro atoms. The molecule has 1 aromatic heterocycles. The SMILES string of the molecule is COc1ccc(Cl)cc1NCc1c(CO)cnc(C)c1O. The van der Waals surface area contributed by atoms with Crippen LogP contribution in [0.3, 0.4) is 0 Å². The fourth-order valence-electron chi connectivity index (χ4n) is 2.02. The molecule has 0 radical (unpaired) electrons. The number of aliphatic hydroxyl groups is 1. The molecule has 2 rings (SSSR count). The molecule has 6 heteroatoms. The van der Waals surface area contributed by atoms with Gasteiger partial charge >= 0.3 is 0 Å². The van der Waals surface area contributed by atoms with E-state index < -0.39 is 0 Å². The summed E-state index contributed by atoms with van der Waals surface area (Å²) < 4.78 is 5.25. The Kier molecular flexibility index (Phi) is 4.88. The molecule has 0 bridgehead atoms. The van der Waals surface area contributed by atoms with Crippen molar-refractivity contribution >= 4 is 17.3 Å². The van der Waals surface area contributed by atoms with Crippen LogP contribution in [-0.4, -0.2) is 22.3 Å². The van der Waals surface area contributed by atoms with Gasteiger partial charge in [0.05, 0.1) is 25.1 Å². The molecule has 5 nitrogen and oxygen atoms in total. The van der Waals surface area contributed by atoms with Crippen LogP contribution in [0.25, 0.3) is 0 Å². The van der Waals surface area contributed by atoms with E-state index in [0.717, 1.165) is 0 Å². The number of aromatic hydroxyl groups is 1. The number of halogens is 1. The van der Waals surface area contributed by atoms with E-state index in [0.29, 0.717) is 39.8 Å². The maximum absolute atomic E-state index is 10.1. The lowest BCUT2D eigenvalue weighted by Gasteiger charge is -2.15. The number of ether oxygens (including phenoxy) is 1. The van der Waals surface area contributed by atoms with E-state index in [1.165, 1.54) is 0 Å². The number of pyridine rings is 1. The second-order valence-electron chi connectivity index (χ2n) is 4.55. The molecule has 1 heterocycles. The number of anilines is 1. The van der Waals surface area contributed by atoms with Crippen molar-refractivity contribution in [1.82, 2.24) is 4.98 Å². The molecule has 0 unspecified atom stereocenters. The van der Waals surface area contributed by atoms with Gasteiger partial charge < -0.3 is 20.3 Å². The first-order valence-corrected chi connectivity index (χ1v) is 6.79. The molecule has 1 aromatic carbocycles. The Morgan fingerprint density at radius 2 is 2.14 bits per heavy atom. The summed E-state index contributed by atoms with van der Waals surface area (Å²) >= 11 is 5.98. The van der Waals surface area contributed by atoms with Crippen molar-refractivity contribution in [2.24, 2.45) is 0 Å². The third-order valence-corrected chi connectivity index (χ3v) is 3.45. The number of nitrogens with one attached hydrogen (secondary N) is 1. The molecule has 21 heavy (non-hydrogen) atoms. The van der Waals surface area contributed by atoms with Crippen molar-refractivity contribution in [3.05, 3.63) is 46.2 Å². The molecule has 0 aliphatic carbocycles. The van der Waals surface area contributed by atoms with Gasteiger partial charge in [0.15, 0.2) is 0 Å². The summed E-state index contributed by atoms with van der Waals surface area (Å²) in [4.78, 5) is 4.03. The molecule has 0 fully saturated rings. The summed E-state index contributed by atoms with van der Waals surface area (Å²) in [5.41, 5.74) is 2.41. The van der Waals surface area contributed by atoms with Gasteiger partial charge in [-0.05, 0) is 25.1 Å². The van der Waals surface area contributed by atoms with E-state index in [1.807, 2.05) is 0 Å². The first-order chi connectivity index (χ1) is 10.1. The number of aromatic nitrogens is 1. The Bertz CT molecular complexity index is 647. The average Bonchev–Trinajstić information content (AvgIpc) is 2.49. The highest BCUT2D eigenvalue weighted by Gasteiger charge is 2.12. The zero-order valence-electron chi connectivity index (χ0n) is 11.9. The number of methoxy groups -OCH3 is 1. The van der Waals surface area contributed by atoms with Gasteiger partial charge in [0.25, 0.3) is 0 Å². The van der Waals surface area contributed by atoms with Crippen LogP contribution in [0.2, 0.25) is 5.02 Å². The monoisotopic (exact) mass is 308 g/mol. The second kappa shape index (κ2) is 6.65. The molecular formula is C15H17ClN2O3. The van der Waals surface area contributed by atoms with Crippen molar-refractivity contribution in [3.63, 3.8) is 0 Å².